The molecule has 1 aromatic heterocycles. The first-order chi connectivity index (χ1) is 6.59. The van der Waals surface area contributed by atoms with Crippen LogP contribution in [0.2, 0.25) is 0 Å². The molecule has 74 valence electrons. The largest absolute Gasteiger partial charge is 0.375 e. The molecular formula is C8H11N5S. The predicted molar refractivity (Wildman–Crippen MR) is 58.9 cm³/mol. The Balaban J connectivity index is 2.78. The van der Waals surface area contributed by atoms with Gasteiger partial charge in [0.25, 0.3) is 0 Å². The summed E-state index contributed by atoms with van der Waals surface area (Å²) < 4.78 is 0. The summed E-state index contributed by atoms with van der Waals surface area (Å²) >= 11 is 4.61. The monoisotopic (exact) mass is 209 g/mol. The predicted octanol–water partition coefficient (Wildman–Crippen LogP) is 0.342. The number of rotatable bonds is 2. The van der Waals surface area contributed by atoms with E-state index in [1.165, 1.54) is 0 Å². The standard InChI is InChI=1S/C8H11N5S/c1-5-3-4-7(12-10-5)6(2)11-13-8(9)14/h3-4H,1-2H3,(H3,9,13,14)/b11-6-. The molecule has 0 saturated heterocycles. The Bertz CT molecular complexity index is 356. The number of hydrazone groups is 1. The van der Waals surface area contributed by atoms with Crippen LogP contribution in [0.25, 0.3) is 0 Å². The van der Waals surface area contributed by atoms with Gasteiger partial charge in [0.1, 0.15) is 5.69 Å². The third-order valence-electron chi connectivity index (χ3n) is 1.50. The van der Waals surface area contributed by atoms with Crippen molar-refractivity contribution in [1.82, 2.24) is 15.6 Å². The quantitative estimate of drug-likeness (QED) is 0.417. The number of nitrogens with two attached hydrogens (primary N) is 1. The van der Waals surface area contributed by atoms with E-state index in [0.717, 1.165) is 5.69 Å². The van der Waals surface area contributed by atoms with Crippen molar-refractivity contribution >= 4 is 23.0 Å². The first-order valence-corrected chi connectivity index (χ1v) is 4.41. The maximum atomic E-state index is 5.22. The lowest BCUT2D eigenvalue weighted by Crippen LogP contribution is -2.25. The lowest BCUT2D eigenvalue weighted by Gasteiger charge is -2.00. The van der Waals surface area contributed by atoms with Crippen LogP contribution in [-0.2, 0) is 0 Å². The van der Waals surface area contributed by atoms with Crippen LogP contribution >= 0.6 is 12.2 Å². The fourth-order valence-corrected chi connectivity index (χ4v) is 0.834. The average molecular weight is 209 g/mol. The van der Waals surface area contributed by atoms with Gasteiger partial charge in [-0.3, -0.25) is 5.43 Å². The van der Waals surface area contributed by atoms with Crippen molar-refractivity contribution in [2.45, 2.75) is 13.8 Å². The molecule has 5 nitrogen and oxygen atoms in total. The smallest absolute Gasteiger partial charge is 0.184 e. The Morgan fingerprint density at radius 2 is 2.21 bits per heavy atom. The van der Waals surface area contributed by atoms with E-state index in [9.17, 15) is 0 Å². The SMILES string of the molecule is C/C(=N/NC(N)=S)c1ccc(C)nn1. The van der Waals surface area contributed by atoms with Gasteiger partial charge >= 0.3 is 0 Å². The van der Waals surface area contributed by atoms with E-state index in [1.807, 2.05) is 19.1 Å². The maximum absolute atomic E-state index is 5.22. The summed E-state index contributed by atoms with van der Waals surface area (Å²) in [7, 11) is 0. The van der Waals surface area contributed by atoms with Crippen LogP contribution in [0.5, 0.6) is 0 Å². The van der Waals surface area contributed by atoms with Gasteiger partial charge in [0, 0.05) is 0 Å². The lowest BCUT2D eigenvalue weighted by atomic mass is 10.3. The minimum absolute atomic E-state index is 0.129. The van der Waals surface area contributed by atoms with Gasteiger partial charge in [0.05, 0.1) is 11.4 Å². The Labute approximate surface area is 87.4 Å². The zero-order valence-corrected chi connectivity index (χ0v) is 8.80. The molecule has 0 fully saturated rings. The molecule has 0 aliphatic heterocycles. The van der Waals surface area contributed by atoms with E-state index in [1.54, 1.807) is 6.92 Å². The molecule has 0 saturated carbocycles. The molecule has 3 N–H and O–H groups in total. The molecule has 0 aromatic carbocycles. The summed E-state index contributed by atoms with van der Waals surface area (Å²) in [6.45, 7) is 3.67. The Morgan fingerprint density at radius 1 is 1.50 bits per heavy atom. The Morgan fingerprint density at radius 3 is 2.71 bits per heavy atom. The number of thiocarbonyl (C=S) groups is 1. The summed E-state index contributed by atoms with van der Waals surface area (Å²) in [5, 5.41) is 11.9. The van der Waals surface area contributed by atoms with Crippen molar-refractivity contribution in [2.75, 3.05) is 0 Å². The molecule has 1 rings (SSSR count). The van der Waals surface area contributed by atoms with Crippen LogP contribution in [0.1, 0.15) is 18.3 Å². The average Bonchev–Trinajstić information content (AvgIpc) is 2.15. The fraction of sp³-hybridized carbons (Fsp3) is 0.250. The number of aromatic nitrogens is 2. The van der Waals surface area contributed by atoms with Crippen LogP contribution in [0.15, 0.2) is 17.2 Å². The normalized spacial score (nSPS) is 11.1. The van der Waals surface area contributed by atoms with Crippen molar-refractivity contribution in [3.8, 4) is 0 Å². The van der Waals surface area contributed by atoms with Crippen LogP contribution in [-0.4, -0.2) is 21.0 Å². The highest BCUT2D eigenvalue weighted by Gasteiger charge is 1.99. The van der Waals surface area contributed by atoms with Crippen LogP contribution in [0.4, 0.5) is 0 Å². The number of nitrogens with one attached hydrogen (secondary N) is 1. The molecule has 0 bridgehead atoms. The Kier molecular flexibility index (Phi) is 3.47. The maximum Gasteiger partial charge on any atom is 0.184 e. The third-order valence-corrected chi connectivity index (χ3v) is 1.59. The molecule has 0 aliphatic rings. The highest BCUT2D eigenvalue weighted by atomic mass is 32.1. The first kappa shape index (κ1) is 10.5. The van der Waals surface area contributed by atoms with E-state index in [0.29, 0.717) is 11.4 Å². The van der Waals surface area contributed by atoms with Gasteiger partial charge in [-0.1, -0.05) is 0 Å². The third kappa shape index (κ3) is 3.06. The number of aryl methyl sites for hydroxylation is 1. The second kappa shape index (κ2) is 4.61. The number of hydrogen-bond acceptors (Lipinski definition) is 4. The van der Waals surface area contributed by atoms with Crippen LogP contribution < -0.4 is 11.2 Å². The van der Waals surface area contributed by atoms with E-state index < -0.39 is 0 Å². The van der Waals surface area contributed by atoms with Gasteiger partial charge in [-0.05, 0) is 38.2 Å². The first-order valence-electron chi connectivity index (χ1n) is 4.00. The van der Waals surface area contributed by atoms with E-state index in [2.05, 4.69) is 32.9 Å². The molecule has 0 unspecified atom stereocenters. The van der Waals surface area contributed by atoms with Gasteiger partial charge in [0.15, 0.2) is 5.11 Å². The second-order valence-corrected chi connectivity index (χ2v) is 3.17. The van der Waals surface area contributed by atoms with Crippen molar-refractivity contribution in [3.05, 3.63) is 23.5 Å². The summed E-state index contributed by atoms with van der Waals surface area (Å²) in [6.07, 6.45) is 0. The van der Waals surface area contributed by atoms with Gasteiger partial charge < -0.3 is 5.73 Å². The van der Waals surface area contributed by atoms with Crippen LogP contribution in [0.3, 0.4) is 0 Å². The summed E-state index contributed by atoms with van der Waals surface area (Å²) in [4.78, 5) is 0. The number of nitrogens with zero attached hydrogens (tertiary/aromatic N) is 3. The molecule has 0 radical (unpaired) electrons. The van der Waals surface area contributed by atoms with E-state index in [-0.39, 0.29) is 5.11 Å². The highest BCUT2D eigenvalue weighted by Crippen LogP contribution is 1.96. The molecule has 1 heterocycles. The topological polar surface area (TPSA) is 76.2 Å². The van der Waals surface area contributed by atoms with Gasteiger partial charge in [-0.2, -0.15) is 10.2 Å². The van der Waals surface area contributed by atoms with Gasteiger partial charge in [-0.25, -0.2) is 0 Å². The summed E-state index contributed by atoms with van der Waals surface area (Å²) in [5.74, 6) is 0. The molecular weight excluding hydrogens is 198 g/mol. The van der Waals surface area contributed by atoms with Crippen molar-refractivity contribution < 1.29 is 0 Å². The number of hydrogen-bond donors (Lipinski definition) is 2. The van der Waals surface area contributed by atoms with E-state index in [4.69, 9.17) is 5.73 Å². The lowest BCUT2D eigenvalue weighted by molar-refractivity contribution is 0.956. The zero-order valence-electron chi connectivity index (χ0n) is 7.98. The fourth-order valence-electron chi connectivity index (χ4n) is 0.788. The summed E-state index contributed by atoms with van der Waals surface area (Å²) in [5.41, 5.74) is 9.95. The molecule has 14 heavy (non-hydrogen) atoms. The van der Waals surface area contributed by atoms with Crippen molar-refractivity contribution in [3.63, 3.8) is 0 Å². The summed E-state index contributed by atoms with van der Waals surface area (Å²) in [6, 6.07) is 3.70. The van der Waals surface area contributed by atoms with E-state index >= 15 is 0 Å². The molecule has 0 amide bonds. The molecule has 0 aliphatic carbocycles. The highest BCUT2D eigenvalue weighted by molar-refractivity contribution is 7.80. The van der Waals surface area contributed by atoms with Gasteiger partial charge in [-0.15, -0.1) is 5.10 Å². The van der Waals surface area contributed by atoms with Crippen molar-refractivity contribution in [2.24, 2.45) is 10.8 Å². The minimum atomic E-state index is 0.129. The molecule has 1 aromatic rings. The molecule has 0 spiro atoms. The molecule has 6 heteroatoms. The van der Waals surface area contributed by atoms with Crippen LogP contribution in [0, 0.1) is 6.92 Å². The van der Waals surface area contributed by atoms with Crippen molar-refractivity contribution in [1.29, 1.82) is 0 Å². The van der Waals surface area contributed by atoms with Gasteiger partial charge in [0.2, 0.25) is 0 Å². The molecule has 0 atom stereocenters. The minimum Gasteiger partial charge on any atom is -0.375 e. The Hall–Kier alpha value is -1.56. The zero-order chi connectivity index (χ0) is 10.6. The second-order valence-electron chi connectivity index (χ2n) is 2.73.